The molecule has 1 heterocycles. The lowest BCUT2D eigenvalue weighted by Crippen LogP contribution is -2.26. The predicted molar refractivity (Wildman–Crippen MR) is 86.7 cm³/mol. The highest BCUT2D eigenvalue weighted by Crippen LogP contribution is 2.21. The third-order valence-corrected chi connectivity index (χ3v) is 3.87. The maximum absolute atomic E-state index is 12.3. The van der Waals surface area contributed by atoms with Gasteiger partial charge in [-0.15, -0.1) is 11.3 Å². The van der Waals surface area contributed by atoms with Gasteiger partial charge in [-0.05, 0) is 29.1 Å². The number of nitrogens with two attached hydrogens (primary N) is 1. The van der Waals surface area contributed by atoms with E-state index in [1.54, 1.807) is 24.1 Å². The summed E-state index contributed by atoms with van der Waals surface area (Å²) in [5.41, 5.74) is 7.34. The molecule has 1 amide bonds. The van der Waals surface area contributed by atoms with Crippen LogP contribution in [0.1, 0.15) is 15.2 Å². The van der Waals surface area contributed by atoms with Crippen molar-refractivity contribution in [1.29, 1.82) is 0 Å². The van der Waals surface area contributed by atoms with Gasteiger partial charge in [0.05, 0.1) is 5.69 Å². The number of carbonyl (C=O) groups excluding carboxylic acids is 1. The van der Waals surface area contributed by atoms with Crippen LogP contribution in [-0.2, 0) is 6.54 Å². The number of anilines is 1. The molecule has 0 aliphatic rings. The first-order valence-corrected chi connectivity index (χ1v) is 7.41. The van der Waals surface area contributed by atoms with Crippen molar-refractivity contribution in [3.63, 3.8) is 0 Å². The van der Waals surface area contributed by atoms with Crippen LogP contribution < -0.4 is 10.5 Å². The van der Waals surface area contributed by atoms with E-state index >= 15 is 0 Å². The van der Waals surface area contributed by atoms with E-state index in [0.29, 0.717) is 23.7 Å². The number of hydrogen-bond donors (Lipinski definition) is 1. The maximum atomic E-state index is 12.3. The summed E-state index contributed by atoms with van der Waals surface area (Å²) in [4.78, 5) is 14.5. The first-order chi connectivity index (χ1) is 10.1. The standard InChI is InChI=1S/C16H18N2O2S/c1-3-9-20-13-6-4-12(5-7-13)11-18(2)16(19)15-14(17)8-10-21-15/h3-8,10H,1,9,11,17H2,2H3. The van der Waals surface area contributed by atoms with Gasteiger partial charge >= 0.3 is 0 Å². The Kier molecular flexibility index (Phi) is 5.00. The molecule has 2 N–H and O–H groups in total. The van der Waals surface area contributed by atoms with Gasteiger partial charge in [-0.3, -0.25) is 4.79 Å². The Morgan fingerprint density at radius 2 is 2.10 bits per heavy atom. The van der Waals surface area contributed by atoms with E-state index in [4.69, 9.17) is 10.5 Å². The third-order valence-electron chi connectivity index (χ3n) is 2.95. The number of nitrogens with zero attached hydrogens (tertiary/aromatic N) is 1. The normalized spacial score (nSPS) is 10.1. The molecule has 1 aromatic heterocycles. The van der Waals surface area contributed by atoms with Crippen molar-refractivity contribution in [2.75, 3.05) is 19.4 Å². The Bertz CT molecular complexity index is 619. The van der Waals surface area contributed by atoms with Gasteiger partial charge in [-0.1, -0.05) is 24.8 Å². The first kappa shape index (κ1) is 15.1. The molecule has 0 radical (unpaired) electrons. The van der Waals surface area contributed by atoms with Crippen molar-refractivity contribution in [2.24, 2.45) is 0 Å². The molecule has 0 aliphatic carbocycles. The summed E-state index contributed by atoms with van der Waals surface area (Å²) < 4.78 is 5.42. The Balaban J connectivity index is 1.99. The monoisotopic (exact) mass is 302 g/mol. The highest BCUT2D eigenvalue weighted by atomic mass is 32.1. The highest BCUT2D eigenvalue weighted by molar-refractivity contribution is 7.12. The first-order valence-electron chi connectivity index (χ1n) is 6.53. The summed E-state index contributed by atoms with van der Waals surface area (Å²) in [6, 6.07) is 9.41. The van der Waals surface area contributed by atoms with Gasteiger partial charge in [-0.25, -0.2) is 0 Å². The predicted octanol–water partition coefficient (Wildman–Crippen LogP) is 3.17. The molecule has 2 rings (SSSR count). The highest BCUT2D eigenvalue weighted by Gasteiger charge is 2.16. The van der Waals surface area contributed by atoms with Gasteiger partial charge in [0.2, 0.25) is 0 Å². The van der Waals surface area contributed by atoms with Gasteiger partial charge in [0, 0.05) is 13.6 Å². The number of carbonyl (C=O) groups is 1. The SMILES string of the molecule is C=CCOc1ccc(CN(C)C(=O)c2sccc2N)cc1. The van der Waals surface area contributed by atoms with Crippen LogP contribution >= 0.6 is 11.3 Å². The molecule has 4 nitrogen and oxygen atoms in total. The van der Waals surface area contributed by atoms with Crippen molar-refractivity contribution in [2.45, 2.75) is 6.54 Å². The van der Waals surface area contributed by atoms with E-state index < -0.39 is 0 Å². The molecule has 1 aromatic carbocycles. The zero-order valence-electron chi connectivity index (χ0n) is 11.9. The van der Waals surface area contributed by atoms with Crippen LogP contribution in [0.5, 0.6) is 5.75 Å². The Morgan fingerprint density at radius 3 is 2.67 bits per heavy atom. The topological polar surface area (TPSA) is 55.6 Å². The smallest absolute Gasteiger partial charge is 0.266 e. The number of amides is 1. The Hall–Kier alpha value is -2.27. The molecule has 110 valence electrons. The minimum Gasteiger partial charge on any atom is -0.490 e. The second kappa shape index (κ2) is 6.95. The molecular weight excluding hydrogens is 284 g/mol. The molecule has 0 bridgehead atoms. The lowest BCUT2D eigenvalue weighted by atomic mass is 10.2. The molecule has 0 atom stereocenters. The van der Waals surface area contributed by atoms with Crippen molar-refractivity contribution in [3.05, 3.63) is 58.8 Å². The van der Waals surface area contributed by atoms with Gasteiger partial charge in [0.1, 0.15) is 17.2 Å². The summed E-state index contributed by atoms with van der Waals surface area (Å²) >= 11 is 1.36. The van der Waals surface area contributed by atoms with Crippen LogP contribution in [0.2, 0.25) is 0 Å². The quantitative estimate of drug-likeness (QED) is 0.834. The molecular formula is C16H18N2O2S. The van der Waals surface area contributed by atoms with Crippen molar-refractivity contribution >= 4 is 22.9 Å². The second-order valence-corrected chi connectivity index (χ2v) is 5.53. The minimum absolute atomic E-state index is 0.0607. The molecule has 0 unspecified atom stereocenters. The van der Waals surface area contributed by atoms with E-state index in [-0.39, 0.29) is 5.91 Å². The summed E-state index contributed by atoms with van der Waals surface area (Å²) in [5.74, 6) is 0.726. The molecule has 0 saturated heterocycles. The van der Waals surface area contributed by atoms with Gasteiger partial charge in [-0.2, -0.15) is 0 Å². The minimum atomic E-state index is -0.0607. The van der Waals surface area contributed by atoms with Gasteiger partial charge in [0.25, 0.3) is 5.91 Å². The number of nitrogen functional groups attached to an aromatic ring is 1. The molecule has 5 heteroatoms. The molecule has 21 heavy (non-hydrogen) atoms. The average molecular weight is 302 g/mol. The molecule has 0 saturated carbocycles. The summed E-state index contributed by atoms with van der Waals surface area (Å²) in [6.07, 6.45) is 1.70. The number of thiophene rings is 1. The Morgan fingerprint density at radius 1 is 1.38 bits per heavy atom. The van der Waals surface area contributed by atoms with Crippen LogP contribution in [0.3, 0.4) is 0 Å². The van der Waals surface area contributed by atoms with Crippen LogP contribution in [-0.4, -0.2) is 24.5 Å². The maximum Gasteiger partial charge on any atom is 0.266 e. The van der Waals surface area contributed by atoms with E-state index in [9.17, 15) is 4.79 Å². The van der Waals surface area contributed by atoms with E-state index in [0.717, 1.165) is 11.3 Å². The van der Waals surface area contributed by atoms with Gasteiger partial charge < -0.3 is 15.4 Å². The number of benzene rings is 1. The number of ether oxygens (including phenoxy) is 1. The lowest BCUT2D eigenvalue weighted by Gasteiger charge is -2.17. The fraction of sp³-hybridized carbons (Fsp3) is 0.188. The number of hydrogen-bond acceptors (Lipinski definition) is 4. The molecule has 0 fully saturated rings. The zero-order valence-corrected chi connectivity index (χ0v) is 12.7. The zero-order chi connectivity index (χ0) is 15.2. The Labute approximate surface area is 128 Å². The molecule has 0 aliphatic heterocycles. The van der Waals surface area contributed by atoms with Crippen molar-refractivity contribution in [3.8, 4) is 5.75 Å². The summed E-state index contributed by atoms with van der Waals surface area (Å²) in [7, 11) is 1.77. The van der Waals surface area contributed by atoms with E-state index in [1.165, 1.54) is 11.3 Å². The number of rotatable bonds is 6. The van der Waals surface area contributed by atoms with E-state index in [2.05, 4.69) is 6.58 Å². The second-order valence-electron chi connectivity index (χ2n) is 4.61. The summed E-state index contributed by atoms with van der Waals surface area (Å²) in [6.45, 7) is 4.61. The summed E-state index contributed by atoms with van der Waals surface area (Å²) in [5, 5.41) is 1.82. The third kappa shape index (κ3) is 3.86. The lowest BCUT2D eigenvalue weighted by molar-refractivity contribution is 0.0791. The average Bonchev–Trinajstić information content (AvgIpc) is 2.92. The van der Waals surface area contributed by atoms with Crippen LogP contribution in [0.4, 0.5) is 5.69 Å². The molecule has 0 spiro atoms. The largest absolute Gasteiger partial charge is 0.490 e. The van der Waals surface area contributed by atoms with E-state index in [1.807, 2.05) is 29.6 Å². The van der Waals surface area contributed by atoms with Gasteiger partial charge in [0.15, 0.2) is 0 Å². The van der Waals surface area contributed by atoms with Crippen LogP contribution in [0.25, 0.3) is 0 Å². The fourth-order valence-electron chi connectivity index (χ4n) is 1.86. The van der Waals surface area contributed by atoms with Crippen molar-refractivity contribution in [1.82, 2.24) is 4.90 Å². The fourth-order valence-corrected chi connectivity index (χ4v) is 2.67. The van der Waals surface area contributed by atoms with Crippen LogP contribution in [0, 0.1) is 0 Å². The van der Waals surface area contributed by atoms with Crippen molar-refractivity contribution < 1.29 is 9.53 Å². The molecule has 2 aromatic rings. The van der Waals surface area contributed by atoms with Crippen LogP contribution in [0.15, 0.2) is 48.4 Å².